The first-order valence-corrected chi connectivity index (χ1v) is 6.29. The van der Waals surface area contributed by atoms with Crippen LogP contribution in [0.4, 0.5) is 5.69 Å². The Labute approximate surface area is 106 Å². The van der Waals surface area contributed by atoms with Crippen LogP contribution in [0.25, 0.3) is 0 Å². The van der Waals surface area contributed by atoms with Gasteiger partial charge in [0.25, 0.3) is 0 Å². The van der Waals surface area contributed by atoms with Crippen molar-refractivity contribution >= 4 is 5.69 Å². The molecule has 94 valence electrons. The maximum Gasteiger partial charge on any atom is 0.137 e. The van der Waals surface area contributed by atoms with E-state index in [1.165, 1.54) is 11.1 Å². The Morgan fingerprint density at radius 1 is 1.44 bits per heavy atom. The average Bonchev–Trinajstić information content (AvgIpc) is 2.99. The topological polar surface area (TPSA) is 79.6 Å². The molecule has 3 rings (SSSR count). The third-order valence-corrected chi connectivity index (χ3v) is 3.46. The summed E-state index contributed by atoms with van der Waals surface area (Å²) in [6.45, 7) is 0.906. The summed E-state index contributed by atoms with van der Waals surface area (Å²) in [7, 11) is 0. The number of fused-ring (bicyclic) bond motifs is 1. The molecule has 0 amide bonds. The van der Waals surface area contributed by atoms with Crippen LogP contribution in [-0.4, -0.2) is 21.7 Å². The molecular weight excluding hydrogens is 226 g/mol. The average molecular weight is 243 g/mol. The number of nitrogens with zero attached hydrogens (tertiary/aromatic N) is 2. The second-order valence-electron chi connectivity index (χ2n) is 4.69. The van der Waals surface area contributed by atoms with E-state index in [0.717, 1.165) is 37.3 Å². The number of aromatic amines is 1. The van der Waals surface area contributed by atoms with Gasteiger partial charge >= 0.3 is 0 Å². The number of aromatic nitrogens is 3. The molecule has 2 aromatic rings. The van der Waals surface area contributed by atoms with E-state index in [1.807, 2.05) is 6.07 Å². The maximum absolute atomic E-state index is 5.80. The zero-order chi connectivity index (χ0) is 12.4. The first-order chi connectivity index (χ1) is 8.83. The minimum Gasteiger partial charge on any atom is -0.399 e. The fraction of sp³-hybridized carbons (Fsp3) is 0.385. The third-order valence-electron chi connectivity index (χ3n) is 3.46. The lowest BCUT2D eigenvalue weighted by Gasteiger charge is -2.13. The summed E-state index contributed by atoms with van der Waals surface area (Å²) in [6.07, 6.45) is 4.68. The van der Waals surface area contributed by atoms with Crippen LogP contribution >= 0.6 is 0 Å². The molecule has 1 heterocycles. The summed E-state index contributed by atoms with van der Waals surface area (Å²) in [5.41, 5.74) is 9.43. The van der Waals surface area contributed by atoms with Crippen molar-refractivity contribution in [2.75, 3.05) is 12.3 Å². The zero-order valence-electron chi connectivity index (χ0n) is 10.2. The molecule has 1 unspecified atom stereocenters. The van der Waals surface area contributed by atoms with Crippen molar-refractivity contribution in [1.82, 2.24) is 20.5 Å². The van der Waals surface area contributed by atoms with Crippen molar-refractivity contribution < 1.29 is 0 Å². The molecule has 0 saturated carbocycles. The Hall–Kier alpha value is -1.88. The number of aryl methyl sites for hydroxylation is 1. The van der Waals surface area contributed by atoms with Gasteiger partial charge in [-0.1, -0.05) is 6.07 Å². The maximum atomic E-state index is 5.80. The Balaban J connectivity index is 1.59. The van der Waals surface area contributed by atoms with E-state index < -0.39 is 0 Å². The molecule has 1 aromatic carbocycles. The van der Waals surface area contributed by atoms with Gasteiger partial charge < -0.3 is 11.1 Å². The van der Waals surface area contributed by atoms with Crippen LogP contribution in [-0.2, 0) is 12.8 Å². The predicted octanol–water partition coefficient (Wildman–Crippen LogP) is 1.21. The summed E-state index contributed by atoms with van der Waals surface area (Å²) < 4.78 is 0. The quantitative estimate of drug-likeness (QED) is 0.705. The number of rotatable bonds is 4. The van der Waals surface area contributed by atoms with Crippen LogP contribution in [0.2, 0.25) is 0 Å². The highest BCUT2D eigenvalue weighted by Gasteiger charge is 2.21. The van der Waals surface area contributed by atoms with Gasteiger partial charge in [0.05, 0.1) is 0 Å². The van der Waals surface area contributed by atoms with Crippen molar-refractivity contribution in [2.24, 2.45) is 0 Å². The number of anilines is 1. The number of benzene rings is 1. The first-order valence-electron chi connectivity index (χ1n) is 6.29. The van der Waals surface area contributed by atoms with Crippen LogP contribution in [0.3, 0.4) is 0 Å². The molecule has 0 fully saturated rings. The molecule has 0 saturated heterocycles. The predicted molar refractivity (Wildman–Crippen MR) is 70.0 cm³/mol. The van der Waals surface area contributed by atoms with E-state index in [0.29, 0.717) is 6.04 Å². The van der Waals surface area contributed by atoms with Gasteiger partial charge in [-0.3, -0.25) is 5.10 Å². The highest BCUT2D eigenvalue weighted by Crippen LogP contribution is 2.32. The monoisotopic (exact) mass is 243 g/mol. The molecule has 1 aromatic heterocycles. The van der Waals surface area contributed by atoms with E-state index >= 15 is 0 Å². The van der Waals surface area contributed by atoms with Crippen LogP contribution in [0.1, 0.15) is 29.4 Å². The van der Waals surface area contributed by atoms with E-state index in [4.69, 9.17) is 5.73 Å². The van der Waals surface area contributed by atoms with Gasteiger partial charge in [-0.2, -0.15) is 5.10 Å². The van der Waals surface area contributed by atoms with Gasteiger partial charge in [-0.05, 0) is 36.1 Å². The summed E-state index contributed by atoms with van der Waals surface area (Å²) in [4.78, 5) is 4.11. The standard InChI is InChI=1S/C13H17N5/c14-10-2-3-11-9(7-10)1-4-12(11)15-6-5-13-16-8-17-18-13/h2-3,7-8,12,15H,1,4-6,14H2,(H,16,17,18). The van der Waals surface area contributed by atoms with Crippen molar-refractivity contribution in [3.05, 3.63) is 41.5 Å². The lowest BCUT2D eigenvalue weighted by Crippen LogP contribution is -2.22. The van der Waals surface area contributed by atoms with Crippen LogP contribution < -0.4 is 11.1 Å². The van der Waals surface area contributed by atoms with E-state index in [-0.39, 0.29) is 0 Å². The van der Waals surface area contributed by atoms with Gasteiger partial charge in [-0.15, -0.1) is 0 Å². The molecule has 0 bridgehead atoms. The fourth-order valence-corrected chi connectivity index (χ4v) is 2.57. The minimum atomic E-state index is 0.448. The van der Waals surface area contributed by atoms with E-state index in [1.54, 1.807) is 6.33 Å². The number of hydrogen-bond acceptors (Lipinski definition) is 4. The van der Waals surface area contributed by atoms with E-state index in [9.17, 15) is 0 Å². The normalized spacial score (nSPS) is 17.9. The van der Waals surface area contributed by atoms with Gasteiger partial charge in [0.15, 0.2) is 0 Å². The second kappa shape index (κ2) is 4.78. The number of nitrogens with one attached hydrogen (secondary N) is 2. The van der Waals surface area contributed by atoms with Crippen LogP contribution in [0.15, 0.2) is 24.5 Å². The molecule has 5 nitrogen and oxygen atoms in total. The van der Waals surface area contributed by atoms with Crippen molar-refractivity contribution in [3.8, 4) is 0 Å². The van der Waals surface area contributed by atoms with Gasteiger partial charge in [0, 0.05) is 24.7 Å². The lowest BCUT2D eigenvalue weighted by atomic mass is 10.1. The molecule has 5 heteroatoms. The SMILES string of the molecule is Nc1ccc2c(c1)CCC2NCCc1ncn[nH]1. The number of hydrogen-bond donors (Lipinski definition) is 3. The summed E-state index contributed by atoms with van der Waals surface area (Å²) in [5.74, 6) is 0.929. The smallest absolute Gasteiger partial charge is 0.137 e. The molecule has 1 aliphatic rings. The summed E-state index contributed by atoms with van der Waals surface area (Å²) in [5, 5.41) is 10.3. The van der Waals surface area contributed by atoms with Gasteiger partial charge in [-0.25, -0.2) is 4.98 Å². The Morgan fingerprint density at radius 3 is 3.22 bits per heavy atom. The minimum absolute atomic E-state index is 0.448. The fourth-order valence-electron chi connectivity index (χ4n) is 2.57. The Kier molecular flexibility index (Phi) is 2.98. The molecule has 18 heavy (non-hydrogen) atoms. The largest absolute Gasteiger partial charge is 0.399 e. The molecule has 1 atom stereocenters. The number of nitrogens with two attached hydrogens (primary N) is 1. The highest BCUT2D eigenvalue weighted by molar-refractivity contribution is 5.47. The molecule has 0 spiro atoms. The first kappa shape index (κ1) is 11.2. The van der Waals surface area contributed by atoms with Crippen molar-refractivity contribution in [2.45, 2.75) is 25.3 Å². The lowest BCUT2D eigenvalue weighted by molar-refractivity contribution is 0.529. The highest BCUT2D eigenvalue weighted by atomic mass is 15.2. The number of H-pyrrole nitrogens is 1. The Morgan fingerprint density at radius 2 is 2.39 bits per heavy atom. The van der Waals surface area contributed by atoms with Crippen molar-refractivity contribution in [1.29, 1.82) is 0 Å². The van der Waals surface area contributed by atoms with Gasteiger partial charge in [0.2, 0.25) is 0 Å². The number of nitrogen functional groups attached to an aromatic ring is 1. The molecule has 1 aliphatic carbocycles. The van der Waals surface area contributed by atoms with Gasteiger partial charge in [0.1, 0.15) is 12.2 Å². The van der Waals surface area contributed by atoms with E-state index in [2.05, 4.69) is 32.6 Å². The van der Waals surface area contributed by atoms with Crippen molar-refractivity contribution in [3.63, 3.8) is 0 Å². The molecular formula is C13H17N5. The Bertz CT molecular complexity index is 520. The third kappa shape index (κ3) is 2.22. The second-order valence-corrected chi connectivity index (χ2v) is 4.69. The summed E-state index contributed by atoms with van der Waals surface area (Å²) in [6, 6.07) is 6.66. The molecule has 0 radical (unpaired) electrons. The zero-order valence-corrected chi connectivity index (χ0v) is 10.2. The molecule has 4 N–H and O–H groups in total. The van der Waals surface area contributed by atoms with Crippen LogP contribution in [0.5, 0.6) is 0 Å². The van der Waals surface area contributed by atoms with Crippen LogP contribution in [0, 0.1) is 0 Å². The summed E-state index contributed by atoms with van der Waals surface area (Å²) >= 11 is 0. The molecule has 0 aliphatic heterocycles.